The van der Waals surface area contributed by atoms with Gasteiger partial charge in [-0.25, -0.2) is 0 Å². The zero-order valence-electron chi connectivity index (χ0n) is 13.4. The molecule has 1 heterocycles. The number of ether oxygens (including phenoxy) is 1. The maximum atomic E-state index is 12.4. The summed E-state index contributed by atoms with van der Waals surface area (Å²) < 4.78 is 11.4. The van der Waals surface area contributed by atoms with Crippen LogP contribution in [0.3, 0.4) is 0 Å². The highest BCUT2D eigenvalue weighted by atomic mass is 16.5. The lowest BCUT2D eigenvalue weighted by Gasteiger charge is -2.20. The molecule has 1 aromatic heterocycles. The Morgan fingerprint density at radius 3 is 2.43 bits per heavy atom. The third-order valence-corrected chi connectivity index (χ3v) is 4.08. The lowest BCUT2D eigenvalue weighted by atomic mass is 10.1. The van der Waals surface area contributed by atoms with E-state index in [4.69, 9.17) is 9.15 Å². The number of rotatable bonds is 5. The minimum absolute atomic E-state index is 0.0391. The second-order valence-corrected chi connectivity index (χ2v) is 5.20. The van der Waals surface area contributed by atoms with E-state index in [1.54, 1.807) is 20.1 Å². The van der Waals surface area contributed by atoms with Crippen LogP contribution in [0.25, 0.3) is 11.0 Å². The molecule has 0 saturated heterocycles. The smallest absolute Gasteiger partial charge is 0.195 e. The van der Waals surface area contributed by atoms with Gasteiger partial charge in [0, 0.05) is 12.1 Å². The first-order valence-corrected chi connectivity index (χ1v) is 7.35. The highest BCUT2D eigenvalue weighted by Gasteiger charge is 2.17. The van der Waals surface area contributed by atoms with Crippen LogP contribution < -0.4 is 10.2 Å². The molecule has 0 amide bonds. The minimum Gasteiger partial charge on any atom is -0.496 e. The number of methoxy groups -OCH3 is 1. The van der Waals surface area contributed by atoms with Crippen molar-refractivity contribution in [2.45, 2.75) is 34.2 Å². The Morgan fingerprint density at radius 1 is 1.19 bits per heavy atom. The van der Waals surface area contributed by atoms with Crippen LogP contribution in [0, 0.1) is 13.8 Å². The summed E-state index contributed by atoms with van der Waals surface area (Å²) >= 11 is 0. The zero-order chi connectivity index (χ0) is 15.6. The topological polar surface area (TPSA) is 42.7 Å². The van der Waals surface area contributed by atoms with Crippen molar-refractivity contribution < 1.29 is 9.15 Å². The van der Waals surface area contributed by atoms with E-state index in [2.05, 4.69) is 18.7 Å². The molecule has 0 N–H and O–H groups in total. The second-order valence-electron chi connectivity index (χ2n) is 5.20. The average Bonchev–Trinajstić information content (AvgIpc) is 2.50. The van der Waals surface area contributed by atoms with Gasteiger partial charge < -0.3 is 9.15 Å². The molecule has 0 saturated carbocycles. The first-order valence-electron chi connectivity index (χ1n) is 7.35. The fourth-order valence-corrected chi connectivity index (χ4v) is 2.51. The molecule has 0 fully saturated rings. The van der Waals surface area contributed by atoms with Crippen LogP contribution in [0.2, 0.25) is 0 Å². The molecule has 114 valence electrons. The van der Waals surface area contributed by atoms with Crippen molar-refractivity contribution >= 4 is 11.0 Å². The summed E-state index contributed by atoms with van der Waals surface area (Å²) in [6, 6.07) is 3.64. The quantitative estimate of drug-likeness (QED) is 0.847. The summed E-state index contributed by atoms with van der Waals surface area (Å²) in [6.45, 7) is 10.4. The van der Waals surface area contributed by atoms with Crippen LogP contribution in [-0.4, -0.2) is 25.1 Å². The normalized spacial score (nSPS) is 11.3. The third-order valence-electron chi connectivity index (χ3n) is 4.08. The molecule has 0 radical (unpaired) electrons. The summed E-state index contributed by atoms with van der Waals surface area (Å²) in [5, 5.41) is 0.626. The third kappa shape index (κ3) is 2.81. The van der Waals surface area contributed by atoms with Gasteiger partial charge in [0.25, 0.3) is 0 Å². The summed E-state index contributed by atoms with van der Waals surface area (Å²) in [6.07, 6.45) is 0. The van der Waals surface area contributed by atoms with Crippen molar-refractivity contribution in [2.24, 2.45) is 0 Å². The number of hydrogen-bond acceptors (Lipinski definition) is 4. The van der Waals surface area contributed by atoms with Crippen LogP contribution in [0.1, 0.15) is 30.7 Å². The van der Waals surface area contributed by atoms with Gasteiger partial charge in [0.05, 0.1) is 18.1 Å². The molecule has 0 bridgehead atoms. The molecule has 0 aliphatic carbocycles. The summed E-state index contributed by atoms with van der Waals surface area (Å²) in [7, 11) is 1.64. The first-order chi connectivity index (χ1) is 10.0. The van der Waals surface area contributed by atoms with Gasteiger partial charge in [-0.05, 0) is 39.1 Å². The SMILES string of the molecule is CCN(CC)Cc1c(OC)ccc2c(=O)c(C)c(C)oc12. The van der Waals surface area contributed by atoms with E-state index < -0.39 is 0 Å². The van der Waals surface area contributed by atoms with Gasteiger partial charge in [0.2, 0.25) is 0 Å². The van der Waals surface area contributed by atoms with Crippen molar-refractivity contribution in [3.8, 4) is 5.75 Å². The molecule has 0 spiro atoms. The van der Waals surface area contributed by atoms with Crippen LogP contribution >= 0.6 is 0 Å². The van der Waals surface area contributed by atoms with E-state index in [9.17, 15) is 4.79 Å². The summed E-state index contributed by atoms with van der Waals surface area (Å²) in [4.78, 5) is 14.7. The fraction of sp³-hybridized carbons (Fsp3) is 0.471. The molecular weight excluding hydrogens is 266 g/mol. The predicted molar refractivity (Wildman–Crippen MR) is 85.1 cm³/mol. The van der Waals surface area contributed by atoms with Gasteiger partial charge in [-0.1, -0.05) is 13.8 Å². The molecule has 4 heteroatoms. The Labute approximate surface area is 125 Å². The van der Waals surface area contributed by atoms with Crippen molar-refractivity contribution in [2.75, 3.05) is 20.2 Å². The van der Waals surface area contributed by atoms with E-state index in [0.717, 1.165) is 24.4 Å². The van der Waals surface area contributed by atoms with Crippen molar-refractivity contribution in [3.63, 3.8) is 0 Å². The van der Waals surface area contributed by atoms with Crippen LogP contribution in [0.4, 0.5) is 0 Å². The summed E-state index contributed by atoms with van der Waals surface area (Å²) in [5.74, 6) is 1.43. The minimum atomic E-state index is 0.0391. The number of fused-ring (bicyclic) bond motifs is 1. The van der Waals surface area contributed by atoms with Gasteiger partial charge in [0.15, 0.2) is 5.43 Å². The fourth-order valence-electron chi connectivity index (χ4n) is 2.51. The maximum absolute atomic E-state index is 12.4. The van der Waals surface area contributed by atoms with Crippen molar-refractivity contribution in [1.29, 1.82) is 0 Å². The number of benzene rings is 1. The lowest BCUT2D eigenvalue weighted by molar-refractivity contribution is 0.288. The van der Waals surface area contributed by atoms with E-state index in [0.29, 0.717) is 28.8 Å². The molecule has 0 atom stereocenters. The van der Waals surface area contributed by atoms with Gasteiger partial charge in [-0.3, -0.25) is 9.69 Å². The average molecular weight is 289 g/mol. The molecule has 0 aliphatic rings. The molecule has 1 aromatic carbocycles. The highest BCUT2D eigenvalue weighted by molar-refractivity contribution is 5.82. The number of hydrogen-bond donors (Lipinski definition) is 0. The Hall–Kier alpha value is -1.81. The van der Waals surface area contributed by atoms with E-state index >= 15 is 0 Å². The highest BCUT2D eigenvalue weighted by Crippen LogP contribution is 2.29. The predicted octanol–water partition coefficient (Wildman–Crippen LogP) is 3.26. The molecule has 21 heavy (non-hydrogen) atoms. The number of nitrogens with zero attached hydrogens (tertiary/aromatic N) is 1. The van der Waals surface area contributed by atoms with Gasteiger partial charge in [-0.2, -0.15) is 0 Å². The van der Waals surface area contributed by atoms with Gasteiger partial charge in [0.1, 0.15) is 17.1 Å². The van der Waals surface area contributed by atoms with Crippen LogP contribution in [0.5, 0.6) is 5.75 Å². The van der Waals surface area contributed by atoms with E-state index in [1.165, 1.54) is 0 Å². The van der Waals surface area contributed by atoms with Gasteiger partial charge in [-0.15, -0.1) is 0 Å². The Bertz CT molecular complexity index is 699. The first kappa shape index (κ1) is 15.6. The lowest BCUT2D eigenvalue weighted by Crippen LogP contribution is -2.23. The largest absolute Gasteiger partial charge is 0.496 e. The Kier molecular flexibility index (Phi) is 4.68. The van der Waals surface area contributed by atoms with E-state index in [1.807, 2.05) is 13.0 Å². The maximum Gasteiger partial charge on any atom is 0.195 e. The van der Waals surface area contributed by atoms with Crippen LogP contribution in [-0.2, 0) is 6.54 Å². The standard InChI is InChI=1S/C17H23NO3/c1-6-18(7-2)10-14-15(20-5)9-8-13-16(19)11(3)12(4)21-17(13)14/h8-9H,6-7,10H2,1-5H3. The molecule has 2 rings (SSSR count). The van der Waals surface area contributed by atoms with Crippen LogP contribution in [0.15, 0.2) is 21.3 Å². The second kappa shape index (κ2) is 6.31. The van der Waals surface area contributed by atoms with E-state index in [-0.39, 0.29) is 5.43 Å². The Balaban J connectivity index is 2.73. The molecular formula is C17H23NO3. The monoisotopic (exact) mass is 289 g/mol. The summed E-state index contributed by atoms with van der Waals surface area (Å²) in [5.41, 5.74) is 2.30. The number of aryl methyl sites for hydroxylation is 1. The zero-order valence-corrected chi connectivity index (χ0v) is 13.4. The molecule has 0 aliphatic heterocycles. The molecule has 0 unspecified atom stereocenters. The van der Waals surface area contributed by atoms with Gasteiger partial charge >= 0.3 is 0 Å². The molecule has 4 nitrogen and oxygen atoms in total. The Morgan fingerprint density at radius 2 is 1.86 bits per heavy atom. The molecule has 2 aromatic rings. The van der Waals surface area contributed by atoms with Crippen molar-refractivity contribution in [3.05, 3.63) is 39.2 Å². The van der Waals surface area contributed by atoms with Crippen molar-refractivity contribution in [1.82, 2.24) is 4.90 Å².